The normalized spacial score (nSPS) is 11.4. The van der Waals surface area contributed by atoms with E-state index in [0.29, 0.717) is 0 Å². The van der Waals surface area contributed by atoms with Crippen LogP contribution in [0.1, 0.15) is 6.42 Å². The predicted molar refractivity (Wildman–Crippen MR) is 57.6 cm³/mol. The molecule has 0 saturated carbocycles. The number of carboxylic acid groups (broad SMARTS) is 1. The number of hydrogen-bond acceptors (Lipinski definition) is 4. The lowest BCUT2D eigenvalue weighted by molar-refractivity contribution is -0.175. The molecule has 0 aliphatic rings. The maximum atomic E-state index is 11.8. The van der Waals surface area contributed by atoms with Crippen molar-refractivity contribution in [1.82, 2.24) is 4.90 Å². The van der Waals surface area contributed by atoms with Gasteiger partial charge in [-0.2, -0.15) is 13.2 Å². The van der Waals surface area contributed by atoms with Crippen LogP contribution in [-0.2, 0) is 19.1 Å². The van der Waals surface area contributed by atoms with Gasteiger partial charge >= 0.3 is 12.1 Å². The van der Waals surface area contributed by atoms with E-state index in [0.717, 1.165) is 4.90 Å². The third-order valence-electron chi connectivity index (χ3n) is 1.97. The zero-order chi connectivity index (χ0) is 14.9. The molecule has 6 nitrogen and oxygen atoms in total. The van der Waals surface area contributed by atoms with Crippen molar-refractivity contribution in [2.45, 2.75) is 12.6 Å². The van der Waals surface area contributed by atoms with Gasteiger partial charge in [-0.15, -0.1) is 0 Å². The molecule has 0 bridgehead atoms. The Labute approximate surface area is 108 Å². The Morgan fingerprint density at radius 3 is 2.37 bits per heavy atom. The molecule has 1 N–H and O–H groups in total. The van der Waals surface area contributed by atoms with Gasteiger partial charge in [-0.3, -0.25) is 9.59 Å². The van der Waals surface area contributed by atoms with Crippen LogP contribution in [0, 0.1) is 0 Å². The number of amides is 1. The van der Waals surface area contributed by atoms with Crippen molar-refractivity contribution in [3.05, 3.63) is 0 Å². The Morgan fingerprint density at radius 2 is 1.89 bits per heavy atom. The van der Waals surface area contributed by atoms with E-state index in [-0.39, 0.29) is 19.6 Å². The van der Waals surface area contributed by atoms with E-state index in [2.05, 4.69) is 4.74 Å². The molecule has 0 aliphatic heterocycles. The van der Waals surface area contributed by atoms with Gasteiger partial charge in [0, 0.05) is 13.7 Å². The molecule has 112 valence electrons. The van der Waals surface area contributed by atoms with Gasteiger partial charge in [0.15, 0.2) is 0 Å². The van der Waals surface area contributed by atoms with Crippen molar-refractivity contribution in [3.63, 3.8) is 0 Å². The lowest BCUT2D eigenvalue weighted by atomic mass is 10.3. The van der Waals surface area contributed by atoms with Crippen LogP contribution in [0.15, 0.2) is 0 Å². The number of ether oxygens (including phenoxy) is 2. The predicted octanol–water partition coefficient (Wildman–Crippen LogP) is 0.515. The average molecular weight is 287 g/mol. The molecule has 0 spiro atoms. The number of alkyl halides is 3. The number of carbonyl (C=O) groups is 2. The number of halogens is 3. The summed E-state index contributed by atoms with van der Waals surface area (Å²) in [6.45, 7) is -2.18. The number of aliphatic carboxylic acids is 1. The first-order valence-corrected chi connectivity index (χ1v) is 5.39. The Kier molecular flexibility index (Phi) is 8.08. The second-order valence-electron chi connectivity index (χ2n) is 3.62. The highest BCUT2D eigenvalue weighted by Gasteiger charge is 2.27. The molecule has 0 saturated heterocycles. The van der Waals surface area contributed by atoms with Gasteiger partial charge < -0.3 is 19.5 Å². The molecular weight excluding hydrogens is 271 g/mol. The molecule has 9 heteroatoms. The van der Waals surface area contributed by atoms with E-state index in [1.165, 1.54) is 7.11 Å². The number of carbonyl (C=O) groups excluding carboxylic acids is 1. The standard InChI is InChI=1S/C10H16F3NO5/c1-18-5-3-14(6-9(16)17)8(15)2-4-19-7-10(11,12)13/h2-7H2,1H3,(H,16,17). The molecule has 0 rings (SSSR count). The van der Waals surface area contributed by atoms with Crippen LogP contribution in [0.2, 0.25) is 0 Å². The van der Waals surface area contributed by atoms with Gasteiger partial charge in [0.05, 0.1) is 19.6 Å². The minimum absolute atomic E-state index is 0.0565. The lowest BCUT2D eigenvalue weighted by Gasteiger charge is -2.20. The third kappa shape index (κ3) is 10.3. The summed E-state index contributed by atoms with van der Waals surface area (Å²) in [5, 5.41) is 8.60. The summed E-state index contributed by atoms with van der Waals surface area (Å²) in [5.74, 6) is -1.80. The van der Waals surface area contributed by atoms with E-state index < -0.39 is 37.8 Å². The van der Waals surface area contributed by atoms with Gasteiger partial charge in [-0.25, -0.2) is 0 Å². The Balaban J connectivity index is 4.06. The summed E-state index contributed by atoms with van der Waals surface area (Å²) < 4.78 is 44.3. The molecule has 0 fully saturated rings. The van der Waals surface area contributed by atoms with Gasteiger partial charge in [0.25, 0.3) is 0 Å². The van der Waals surface area contributed by atoms with Crippen LogP contribution in [0.5, 0.6) is 0 Å². The Hall–Kier alpha value is -1.35. The first-order chi connectivity index (χ1) is 8.76. The summed E-state index contributed by atoms with van der Waals surface area (Å²) in [4.78, 5) is 23.1. The zero-order valence-electron chi connectivity index (χ0n) is 10.4. The largest absolute Gasteiger partial charge is 0.480 e. The van der Waals surface area contributed by atoms with Crippen LogP contribution in [0.25, 0.3) is 0 Å². The van der Waals surface area contributed by atoms with Gasteiger partial charge in [-0.1, -0.05) is 0 Å². The second-order valence-corrected chi connectivity index (χ2v) is 3.62. The number of rotatable bonds is 9. The third-order valence-corrected chi connectivity index (χ3v) is 1.97. The zero-order valence-corrected chi connectivity index (χ0v) is 10.4. The molecule has 0 heterocycles. The number of hydrogen-bond donors (Lipinski definition) is 1. The molecule has 19 heavy (non-hydrogen) atoms. The van der Waals surface area contributed by atoms with Crippen LogP contribution in [0.4, 0.5) is 13.2 Å². The number of carboxylic acids is 1. The van der Waals surface area contributed by atoms with E-state index >= 15 is 0 Å². The smallest absolute Gasteiger partial charge is 0.411 e. The van der Waals surface area contributed by atoms with Crippen molar-refractivity contribution in [2.24, 2.45) is 0 Å². The minimum Gasteiger partial charge on any atom is -0.480 e. The monoisotopic (exact) mass is 287 g/mol. The fraction of sp³-hybridized carbons (Fsp3) is 0.800. The molecule has 0 unspecified atom stereocenters. The van der Waals surface area contributed by atoms with E-state index in [4.69, 9.17) is 9.84 Å². The van der Waals surface area contributed by atoms with Crippen molar-refractivity contribution < 1.29 is 37.3 Å². The van der Waals surface area contributed by atoms with Crippen LogP contribution < -0.4 is 0 Å². The van der Waals surface area contributed by atoms with Crippen LogP contribution in [-0.4, -0.2) is 68.1 Å². The Morgan fingerprint density at radius 1 is 1.26 bits per heavy atom. The summed E-state index contributed by atoms with van der Waals surface area (Å²) in [6.07, 6.45) is -4.76. The summed E-state index contributed by atoms with van der Waals surface area (Å²) in [5.41, 5.74) is 0. The van der Waals surface area contributed by atoms with Crippen molar-refractivity contribution in [3.8, 4) is 0 Å². The van der Waals surface area contributed by atoms with Crippen LogP contribution >= 0.6 is 0 Å². The molecule has 0 atom stereocenters. The summed E-state index contributed by atoms with van der Waals surface area (Å²) in [7, 11) is 1.38. The highest BCUT2D eigenvalue weighted by atomic mass is 19.4. The molecular formula is C10H16F3NO5. The van der Waals surface area contributed by atoms with E-state index in [1.807, 2.05) is 0 Å². The molecule has 0 radical (unpaired) electrons. The Bertz CT molecular complexity index is 295. The van der Waals surface area contributed by atoms with Crippen molar-refractivity contribution in [2.75, 3.05) is 40.0 Å². The quantitative estimate of drug-likeness (QED) is 0.625. The molecule has 0 aromatic carbocycles. The minimum atomic E-state index is -4.44. The first kappa shape index (κ1) is 17.6. The summed E-state index contributed by atoms with van der Waals surface area (Å²) in [6, 6.07) is 0. The first-order valence-electron chi connectivity index (χ1n) is 5.39. The van der Waals surface area contributed by atoms with Crippen molar-refractivity contribution >= 4 is 11.9 Å². The van der Waals surface area contributed by atoms with E-state index in [1.54, 1.807) is 0 Å². The fourth-order valence-electron chi connectivity index (χ4n) is 1.16. The SMILES string of the molecule is COCCN(CC(=O)O)C(=O)CCOCC(F)(F)F. The highest BCUT2D eigenvalue weighted by molar-refractivity contribution is 5.81. The van der Waals surface area contributed by atoms with Gasteiger partial charge in [0.2, 0.25) is 5.91 Å². The topological polar surface area (TPSA) is 76.1 Å². The second kappa shape index (κ2) is 8.70. The van der Waals surface area contributed by atoms with Crippen LogP contribution in [0.3, 0.4) is 0 Å². The number of methoxy groups -OCH3 is 1. The van der Waals surface area contributed by atoms with Gasteiger partial charge in [-0.05, 0) is 0 Å². The van der Waals surface area contributed by atoms with Crippen molar-refractivity contribution in [1.29, 1.82) is 0 Å². The number of nitrogens with zero attached hydrogens (tertiary/aromatic N) is 1. The molecule has 0 aliphatic carbocycles. The maximum absolute atomic E-state index is 11.8. The fourth-order valence-corrected chi connectivity index (χ4v) is 1.16. The summed E-state index contributed by atoms with van der Waals surface area (Å²) >= 11 is 0. The molecule has 1 amide bonds. The molecule has 0 aromatic rings. The lowest BCUT2D eigenvalue weighted by Crippen LogP contribution is -2.38. The van der Waals surface area contributed by atoms with E-state index in [9.17, 15) is 22.8 Å². The maximum Gasteiger partial charge on any atom is 0.411 e. The average Bonchev–Trinajstić information content (AvgIpc) is 2.28. The van der Waals surface area contributed by atoms with Gasteiger partial charge in [0.1, 0.15) is 13.2 Å². The molecule has 0 aromatic heterocycles. The highest BCUT2D eigenvalue weighted by Crippen LogP contribution is 2.14.